The Labute approximate surface area is 113 Å². The number of methoxy groups -OCH3 is 2. The van der Waals surface area contributed by atoms with Crippen LogP contribution in [0.25, 0.3) is 0 Å². The van der Waals surface area contributed by atoms with Crippen LogP contribution < -0.4 is 10.6 Å². The normalized spacial score (nSPS) is 22.5. The molecule has 1 aliphatic heterocycles. The molecule has 2 N–H and O–H groups in total. The van der Waals surface area contributed by atoms with E-state index >= 15 is 0 Å². The summed E-state index contributed by atoms with van der Waals surface area (Å²) in [4.78, 5) is 2.20. The second-order valence-corrected chi connectivity index (χ2v) is 4.67. The van der Waals surface area contributed by atoms with Crippen LogP contribution in [-0.4, -0.2) is 39.5 Å². The fraction of sp³-hybridized carbons (Fsp3) is 0.500. The number of anilines is 2. The molecule has 0 radical (unpaired) electrons. The van der Waals surface area contributed by atoms with Gasteiger partial charge in [-0.15, -0.1) is 0 Å². The van der Waals surface area contributed by atoms with Gasteiger partial charge in [0.15, 0.2) is 0 Å². The number of hydrogen-bond acceptors (Lipinski definition) is 5. The molecule has 2 rings (SSSR count). The maximum atomic E-state index is 8.80. The smallest absolute Gasteiger partial charge is 0.102 e. The van der Waals surface area contributed by atoms with Crippen molar-refractivity contribution in [1.29, 1.82) is 5.26 Å². The monoisotopic (exact) mass is 261 g/mol. The van der Waals surface area contributed by atoms with Crippen LogP contribution in [0.5, 0.6) is 0 Å². The highest BCUT2D eigenvalue weighted by atomic mass is 16.5. The molecular weight excluding hydrogens is 242 g/mol. The van der Waals surface area contributed by atoms with Crippen molar-refractivity contribution in [3.63, 3.8) is 0 Å². The molecule has 0 spiro atoms. The van der Waals surface area contributed by atoms with Gasteiger partial charge in [-0.1, -0.05) is 0 Å². The fourth-order valence-corrected chi connectivity index (χ4v) is 2.43. The van der Waals surface area contributed by atoms with Gasteiger partial charge in [0, 0.05) is 38.7 Å². The predicted molar refractivity (Wildman–Crippen MR) is 74.0 cm³/mol. The SMILES string of the molecule is COC1CN(c2ccc(N)c(CC#N)c2)CC1OC. The number of hydrogen-bond donors (Lipinski definition) is 1. The van der Waals surface area contributed by atoms with Crippen LogP contribution in [0.3, 0.4) is 0 Å². The molecule has 2 unspecified atom stereocenters. The Morgan fingerprint density at radius 3 is 2.47 bits per heavy atom. The van der Waals surface area contributed by atoms with E-state index < -0.39 is 0 Å². The Bertz CT molecular complexity index is 472. The number of rotatable bonds is 4. The standard InChI is InChI=1S/C14H19N3O2/c1-18-13-8-17(9-14(13)19-2)11-3-4-12(16)10(7-11)5-6-15/h3-4,7,13-14H,5,8-9,16H2,1-2H3. The van der Waals surface area contributed by atoms with E-state index in [1.807, 2.05) is 18.2 Å². The molecule has 1 aliphatic rings. The minimum absolute atomic E-state index is 0.0713. The van der Waals surface area contributed by atoms with Crippen molar-refractivity contribution in [3.05, 3.63) is 23.8 Å². The van der Waals surface area contributed by atoms with Gasteiger partial charge in [-0.3, -0.25) is 0 Å². The first-order valence-electron chi connectivity index (χ1n) is 6.25. The van der Waals surface area contributed by atoms with Gasteiger partial charge in [-0.05, 0) is 23.8 Å². The van der Waals surface area contributed by atoms with Crippen LogP contribution in [0.15, 0.2) is 18.2 Å². The molecule has 1 fully saturated rings. The van der Waals surface area contributed by atoms with Crippen LogP contribution in [0, 0.1) is 11.3 Å². The summed E-state index contributed by atoms with van der Waals surface area (Å²) in [7, 11) is 3.40. The first-order valence-corrected chi connectivity index (χ1v) is 6.25. The van der Waals surface area contributed by atoms with E-state index in [0.29, 0.717) is 12.1 Å². The van der Waals surface area contributed by atoms with Gasteiger partial charge in [-0.2, -0.15) is 5.26 Å². The largest absolute Gasteiger partial charge is 0.398 e. The Hall–Kier alpha value is -1.77. The van der Waals surface area contributed by atoms with Gasteiger partial charge in [0.1, 0.15) is 12.2 Å². The minimum Gasteiger partial charge on any atom is -0.398 e. The molecule has 0 aromatic heterocycles. The molecule has 1 heterocycles. The Kier molecular flexibility index (Phi) is 4.25. The number of benzene rings is 1. The molecule has 102 valence electrons. The van der Waals surface area contributed by atoms with Gasteiger partial charge in [0.05, 0.1) is 12.5 Å². The highest BCUT2D eigenvalue weighted by molar-refractivity contribution is 5.59. The van der Waals surface area contributed by atoms with Crippen LogP contribution in [-0.2, 0) is 15.9 Å². The van der Waals surface area contributed by atoms with Crippen molar-refractivity contribution in [2.45, 2.75) is 18.6 Å². The molecule has 0 amide bonds. The number of nitrogens with two attached hydrogens (primary N) is 1. The first-order chi connectivity index (χ1) is 9.19. The fourth-order valence-electron chi connectivity index (χ4n) is 2.43. The zero-order chi connectivity index (χ0) is 13.8. The maximum Gasteiger partial charge on any atom is 0.102 e. The number of nitrogens with zero attached hydrogens (tertiary/aromatic N) is 2. The summed E-state index contributed by atoms with van der Waals surface area (Å²) in [6.07, 6.45) is 0.471. The van der Waals surface area contributed by atoms with Crippen LogP contribution in [0.1, 0.15) is 5.56 Å². The quantitative estimate of drug-likeness (QED) is 0.824. The second-order valence-electron chi connectivity index (χ2n) is 4.67. The molecule has 2 atom stereocenters. The van der Waals surface area contributed by atoms with E-state index in [4.69, 9.17) is 20.5 Å². The zero-order valence-electron chi connectivity index (χ0n) is 11.3. The van der Waals surface area contributed by atoms with Gasteiger partial charge in [-0.25, -0.2) is 0 Å². The molecular formula is C14H19N3O2. The van der Waals surface area contributed by atoms with E-state index in [-0.39, 0.29) is 12.2 Å². The molecule has 0 bridgehead atoms. The van der Waals surface area contributed by atoms with Crippen LogP contribution in [0.2, 0.25) is 0 Å². The average Bonchev–Trinajstić information content (AvgIpc) is 2.84. The van der Waals surface area contributed by atoms with Gasteiger partial charge in [0.25, 0.3) is 0 Å². The Morgan fingerprint density at radius 2 is 1.95 bits per heavy atom. The van der Waals surface area contributed by atoms with Crippen molar-refractivity contribution >= 4 is 11.4 Å². The Balaban J connectivity index is 2.19. The molecule has 5 nitrogen and oxygen atoms in total. The summed E-state index contributed by atoms with van der Waals surface area (Å²) < 4.78 is 10.8. The summed E-state index contributed by atoms with van der Waals surface area (Å²) in [5, 5.41) is 8.80. The van der Waals surface area contributed by atoms with E-state index in [1.165, 1.54) is 0 Å². The average molecular weight is 261 g/mol. The lowest BCUT2D eigenvalue weighted by Crippen LogP contribution is -2.27. The second kappa shape index (κ2) is 5.91. The van der Waals surface area contributed by atoms with E-state index in [1.54, 1.807) is 14.2 Å². The third kappa shape index (κ3) is 2.80. The highest BCUT2D eigenvalue weighted by Gasteiger charge is 2.33. The highest BCUT2D eigenvalue weighted by Crippen LogP contribution is 2.26. The summed E-state index contributed by atoms with van der Waals surface area (Å²) >= 11 is 0. The Morgan fingerprint density at radius 1 is 1.32 bits per heavy atom. The van der Waals surface area contributed by atoms with Gasteiger partial charge < -0.3 is 20.1 Å². The van der Waals surface area contributed by atoms with E-state index in [2.05, 4.69) is 11.0 Å². The summed E-state index contributed by atoms with van der Waals surface area (Å²) in [6, 6.07) is 7.93. The summed E-state index contributed by atoms with van der Waals surface area (Å²) in [6.45, 7) is 1.57. The van der Waals surface area contributed by atoms with E-state index in [9.17, 15) is 0 Å². The number of nitriles is 1. The van der Waals surface area contributed by atoms with Crippen molar-refractivity contribution in [3.8, 4) is 6.07 Å². The lowest BCUT2D eigenvalue weighted by molar-refractivity contribution is -0.00461. The van der Waals surface area contributed by atoms with Crippen molar-refractivity contribution in [1.82, 2.24) is 0 Å². The summed E-state index contributed by atoms with van der Waals surface area (Å²) in [5.74, 6) is 0. The molecule has 1 saturated heterocycles. The lowest BCUT2D eigenvalue weighted by atomic mass is 10.1. The molecule has 1 aromatic carbocycles. The van der Waals surface area contributed by atoms with Crippen LogP contribution >= 0.6 is 0 Å². The molecule has 19 heavy (non-hydrogen) atoms. The summed E-state index contributed by atoms with van der Waals surface area (Å²) in [5.41, 5.74) is 8.45. The molecule has 1 aromatic rings. The van der Waals surface area contributed by atoms with Crippen LogP contribution in [0.4, 0.5) is 11.4 Å². The maximum absolute atomic E-state index is 8.80. The molecule has 0 saturated carbocycles. The predicted octanol–water partition coefficient (Wildman–Crippen LogP) is 1.18. The third-order valence-corrected chi connectivity index (χ3v) is 3.58. The number of nitrogen functional groups attached to an aromatic ring is 1. The first kappa shape index (κ1) is 13.7. The van der Waals surface area contributed by atoms with Crippen molar-refractivity contribution in [2.75, 3.05) is 37.9 Å². The van der Waals surface area contributed by atoms with Crippen molar-refractivity contribution in [2.24, 2.45) is 0 Å². The van der Waals surface area contributed by atoms with E-state index in [0.717, 1.165) is 24.3 Å². The number of ether oxygens (including phenoxy) is 2. The third-order valence-electron chi connectivity index (χ3n) is 3.58. The minimum atomic E-state index is 0.0713. The zero-order valence-corrected chi connectivity index (χ0v) is 11.3. The lowest BCUT2D eigenvalue weighted by Gasteiger charge is -2.19. The topological polar surface area (TPSA) is 71.5 Å². The van der Waals surface area contributed by atoms with Crippen molar-refractivity contribution < 1.29 is 9.47 Å². The van der Waals surface area contributed by atoms with Gasteiger partial charge in [0.2, 0.25) is 0 Å². The molecule has 5 heteroatoms. The molecule has 0 aliphatic carbocycles. The van der Waals surface area contributed by atoms with Gasteiger partial charge >= 0.3 is 0 Å².